The molecule has 1 saturated heterocycles. The van der Waals surface area contributed by atoms with E-state index < -0.39 is 5.25 Å². The van der Waals surface area contributed by atoms with Gasteiger partial charge in [0.15, 0.2) is 0 Å². The lowest BCUT2D eigenvalue weighted by atomic mass is 9.97. The second kappa shape index (κ2) is 10.4. The Morgan fingerprint density at radius 2 is 2.03 bits per heavy atom. The predicted molar refractivity (Wildman–Crippen MR) is 115 cm³/mol. The number of carbonyl (C=O) groups is 3. The summed E-state index contributed by atoms with van der Waals surface area (Å²) in [5.41, 5.74) is 1.30. The Kier molecular flexibility index (Phi) is 7.61. The van der Waals surface area contributed by atoms with Crippen LogP contribution >= 0.6 is 11.8 Å². The Morgan fingerprint density at radius 1 is 1.29 bits per heavy atom. The second-order valence-electron chi connectivity index (χ2n) is 7.22. The van der Waals surface area contributed by atoms with Gasteiger partial charge in [0.05, 0.1) is 23.5 Å². The van der Waals surface area contributed by atoms with Crippen molar-refractivity contribution in [3.05, 3.63) is 24.3 Å². The summed E-state index contributed by atoms with van der Waals surface area (Å²) < 4.78 is 6.62. The van der Waals surface area contributed by atoms with Crippen molar-refractivity contribution < 1.29 is 19.1 Å². The molecule has 1 fully saturated rings. The molecular weight excluding hydrogens is 420 g/mol. The van der Waals surface area contributed by atoms with E-state index >= 15 is 0 Å². The molecule has 0 saturated carbocycles. The number of anilines is 1. The lowest BCUT2D eigenvalue weighted by Crippen LogP contribution is -2.43. The zero-order valence-electron chi connectivity index (χ0n) is 17.8. The summed E-state index contributed by atoms with van der Waals surface area (Å²) in [6.45, 7) is 6.46. The van der Waals surface area contributed by atoms with E-state index in [1.807, 2.05) is 13.0 Å². The molecule has 166 valence electrons. The molecule has 0 spiro atoms. The quantitative estimate of drug-likeness (QED) is 0.506. The molecule has 0 bridgehead atoms. The third-order valence-electron chi connectivity index (χ3n) is 4.91. The minimum Gasteiger partial charge on any atom is -0.466 e. The Hall–Kier alpha value is -2.95. The summed E-state index contributed by atoms with van der Waals surface area (Å²) in [6.07, 6.45) is 1.21. The maximum absolute atomic E-state index is 12.9. The van der Waals surface area contributed by atoms with Gasteiger partial charge in [-0.3, -0.25) is 14.4 Å². The number of hydrogen-bond acceptors (Lipinski definition) is 8. The molecule has 2 aromatic rings. The number of carbonyl (C=O) groups excluding carboxylic acids is 3. The van der Waals surface area contributed by atoms with Crippen molar-refractivity contribution in [3.8, 4) is 5.69 Å². The number of nitrogens with zero attached hydrogens (tertiary/aromatic N) is 5. The van der Waals surface area contributed by atoms with Gasteiger partial charge in [-0.1, -0.05) is 17.8 Å². The first-order chi connectivity index (χ1) is 14.9. The second-order valence-corrected chi connectivity index (χ2v) is 8.52. The van der Waals surface area contributed by atoms with E-state index in [9.17, 15) is 14.4 Å². The molecule has 1 aliphatic heterocycles. The molecule has 1 aromatic heterocycles. The van der Waals surface area contributed by atoms with Gasteiger partial charge in [-0.25, -0.2) is 0 Å². The van der Waals surface area contributed by atoms with Crippen LogP contribution in [0, 0.1) is 5.92 Å². The van der Waals surface area contributed by atoms with Gasteiger partial charge in [-0.05, 0) is 55.3 Å². The predicted octanol–water partition coefficient (Wildman–Crippen LogP) is 1.90. The van der Waals surface area contributed by atoms with Crippen LogP contribution in [0.25, 0.3) is 5.69 Å². The molecule has 0 aliphatic carbocycles. The highest BCUT2D eigenvalue weighted by Crippen LogP contribution is 2.27. The molecular formula is C20H26N6O4S. The third-order valence-corrected chi connectivity index (χ3v) is 5.93. The number of amides is 2. The normalized spacial score (nSPS) is 15.4. The molecule has 2 heterocycles. The van der Waals surface area contributed by atoms with E-state index in [1.165, 1.54) is 23.4 Å². The Balaban J connectivity index is 1.63. The molecule has 1 aromatic carbocycles. The molecule has 1 unspecified atom stereocenters. The molecule has 10 nitrogen and oxygen atoms in total. The average Bonchev–Trinajstić information content (AvgIpc) is 3.21. The van der Waals surface area contributed by atoms with E-state index in [0.29, 0.717) is 49.1 Å². The van der Waals surface area contributed by atoms with Gasteiger partial charge in [-0.15, -0.1) is 5.10 Å². The highest BCUT2D eigenvalue weighted by Gasteiger charge is 2.31. The van der Waals surface area contributed by atoms with Crippen LogP contribution in [0.1, 0.15) is 33.6 Å². The largest absolute Gasteiger partial charge is 0.466 e. The van der Waals surface area contributed by atoms with Gasteiger partial charge in [0.2, 0.25) is 17.0 Å². The maximum atomic E-state index is 12.9. The van der Waals surface area contributed by atoms with Crippen molar-refractivity contribution in [1.29, 1.82) is 0 Å². The molecule has 1 N–H and O–H groups in total. The number of aromatic nitrogens is 4. The molecule has 11 heteroatoms. The Bertz CT molecular complexity index is 941. The van der Waals surface area contributed by atoms with Gasteiger partial charge in [0.1, 0.15) is 0 Å². The molecule has 0 radical (unpaired) electrons. The summed E-state index contributed by atoms with van der Waals surface area (Å²) >= 11 is 1.27. The van der Waals surface area contributed by atoms with Crippen molar-refractivity contribution in [2.45, 2.75) is 44.0 Å². The van der Waals surface area contributed by atoms with Crippen LogP contribution in [0.2, 0.25) is 0 Å². The molecule has 1 aliphatic rings. The fraction of sp³-hybridized carbons (Fsp3) is 0.500. The summed E-state index contributed by atoms with van der Waals surface area (Å²) in [7, 11) is 0. The number of esters is 1. The van der Waals surface area contributed by atoms with Crippen LogP contribution < -0.4 is 5.32 Å². The number of likely N-dealkylation sites (tertiary alicyclic amines) is 1. The summed E-state index contributed by atoms with van der Waals surface area (Å²) in [6, 6.07) is 7.14. The minimum atomic E-state index is -0.401. The zero-order valence-corrected chi connectivity index (χ0v) is 18.6. The lowest BCUT2D eigenvalue weighted by Gasteiger charge is -2.32. The summed E-state index contributed by atoms with van der Waals surface area (Å²) in [5, 5.41) is 14.6. The van der Waals surface area contributed by atoms with E-state index in [4.69, 9.17) is 4.74 Å². The van der Waals surface area contributed by atoms with Crippen LogP contribution in [0.3, 0.4) is 0 Å². The molecule has 1 atom stereocenters. The first kappa shape index (κ1) is 22.7. The van der Waals surface area contributed by atoms with E-state index in [-0.39, 0.29) is 23.7 Å². The number of tetrazole rings is 1. The van der Waals surface area contributed by atoms with Crippen LogP contribution in [-0.2, 0) is 19.1 Å². The van der Waals surface area contributed by atoms with Crippen LogP contribution in [0.15, 0.2) is 29.4 Å². The van der Waals surface area contributed by atoms with Crippen LogP contribution in [0.5, 0.6) is 0 Å². The number of nitrogens with one attached hydrogen (secondary N) is 1. The van der Waals surface area contributed by atoms with E-state index in [0.717, 1.165) is 0 Å². The third kappa shape index (κ3) is 5.81. The first-order valence-electron chi connectivity index (χ1n) is 10.2. The fourth-order valence-electron chi connectivity index (χ4n) is 3.39. The van der Waals surface area contributed by atoms with Gasteiger partial charge in [0.25, 0.3) is 0 Å². The highest BCUT2D eigenvalue weighted by atomic mass is 32.2. The van der Waals surface area contributed by atoms with Crippen molar-refractivity contribution >= 4 is 35.2 Å². The van der Waals surface area contributed by atoms with Crippen molar-refractivity contribution in [1.82, 2.24) is 25.1 Å². The Labute approximate surface area is 184 Å². The monoisotopic (exact) mass is 446 g/mol. The summed E-state index contributed by atoms with van der Waals surface area (Å²) in [4.78, 5) is 37.9. The van der Waals surface area contributed by atoms with Gasteiger partial charge in [-0.2, -0.15) is 4.68 Å². The van der Waals surface area contributed by atoms with Gasteiger partial charge >= 0.3 is 5.97 Å². The minimum absolute atomic E-state index is 0.0196. The number of benzene rings is 1. The maximum Gasteiger partial charge on any atom is 0.309 e. The van der Waals surface area contributed by atoms with E-state index in [2.05, 4.69) is 20.8 Å². The standard InChI is InChI=1S/C20H26N6O4S/c1-4-30-19(29)15-8-10-25(11-9-15)18(28)13(2)31-20-22-23-24-26(20)17-7-5-6-16(12-17)21-14(3)27/h5-7,12-13,15H,4,8-11H2,1-3H3,(H,21,27). The average molecular weight is 447 g/mol. The highest BCUT2D eigenvalue weighted by molar-refractivity contribution is 8.00. The van der Waals surface area contributed by atoms with Crippen LogP contribution in [0.4, 0.5) is 5.69 Å². The lowest BCUT2D eigenvalue weighted by molar-refractivity contribution is -0.151. The SMILES string of the molecule is CCOC(=O)C1CCN(C(=O)C(C)Sc2nnnn2-c2cccc(NC(C)=O)c2)CC1. The van der Waals surface area contributed by atoms with Crippen molar-refractivity contribution in [3.63, 3.8) is 0 Å². The van der Waals surface area contributed by atoms with E-state index in [1.54, 1.807) is 30.0 Å². The topological polar surface area (TPSA) is 119 Å². The van der Waals surface area contributed by atoms with Crippen LogP contribution in [-0.4, -0.2) is 67.8 Å². The zero-order chi connectivity index (χ0) is 22.4. The molecule has 31 heavy (non-hydrogen) atoms. The number of ether oxygens (including phenoxy) is 1. The fourth-order valence-corrected chi connectivity index (χ4v) is 4.29. The first-order valence-corrected chi connectivity index (χ1v) is 11.1. The van der Waals surface area contributed by atoms with Gasteiger partial charge in [0, 0.05) is 25.7 Å². The van der Waals surface area contributed by atoms with Crippen molar-refractivity contribution in [2.24, 2.45) is 5.92 Å². The number of thioether (sulfide) groups is 1. The van der Waals surface area contributed by atoms with Crippen molar-refractivity contribution in [2.75, 3.05) is 25.0 Å². The van der Waals surface area contributed by atoms with Gasteiger partial charge < -0.3 is 15.0 Å². The number of hydrogen-bond donors (Lipinski definition) is 1. The molecule has 2 amide bonds. The molecule has 3 rings (SSSR count). The summed E-state index contributed by atoms with van der Waals surface area (Å²) in [5.74, 6) is -0.517. The Morgan fingerprint density at radius 3 is 2.71 bits per heavy atom. The smallest absolute Gasteiger partial charge is 0.309 e. The number of piperidine rings is 1. The number of rotatable bonds is 7.